The van der Waals surface area contributed by atoms with E-state index in [1.54, 1.807) is 7.11 Å². The molecule has 9 nitrogen and oxygen atoms in total. The number of nitrogens with one attached hydrogen (secondary N) is 3. The van der Waals surface area contributed by atoms with Crippen LogP contribution in [0.15, 0.2) is 72.8 Å². The molecule has 0 bridgehead atoms. The van der Waals surface area contributed by atoms with Crippen LogP contribution in [0.3, 0.4) is 0 Å². The van der Waals surface area contributed by atoms with Gasteiger partial charge in [0.1, 0.15) is 29.0 Å². The van der Waals surface area contributed by atoms with Crippen LogP contribution in [-0.2, 0) is 33.8 Å². The van der Waals surface area contributed by atoms with Crippen molar-refractivity contribution in [2.45, 2.75) is 76.7 Å². The zero-order valence-corrected chi connectivity index (χ0v) is 28.0. The summed E-state index contributed by atoms with van der Waals surface area (Å²) in [6.45, 7) is 5.78. The van der Waals surface area contributed by atoms with Crippen LogP contribution in [0.4, 0.5) is 8.78 Å². The number of aryl methyl sites for hydroxylation is 1. The van der Waals surface area contributed by atoms with Crippen LogP contribution in [0.1, 0.15) is 50.3 Å². The second-order valence-electron chi connectivity index (χ2n) is 12.7. The van der Waals surface area contributed by atoms with Gasteiger partial charge in [-0.15, -0.1) is 0 Å². The fourth-order valence-electron chi connectivity index (χ4n) is 6.38. The van der Waals surface area contributed by atoms with Crippen LogP contribution in [0.5, 0.6) is 5.75 Å². The minimum Gasteiger partial charge on any atom is -0.497 e. The van der Waals surface area contributed by atoms with E-state index >= 15 is 0 Å². The number of rotatable bonds is 16. The van der Waals surface area contributed by atoms with Crippen molar-refractivity contribution < 1.29 is 33.0 Å². The predicted octanol–water partition coefficient (Wildman–Crippen LogP) is 3.92. The zero-order valence-electron chi connectivity index (χ0n) is 28.0. The van der Waals surface area contributed by atoms with Gasteiger partial charge < -0.3 is 30.7 Å². The molecule has 4 rings (SSSR count). The third-order valence-corrected chi connectivity index (χ3v) is 8.99. The van der Waals surface area contributed by atoms with E-state index in [0.717, 1.165) is 17.2 Å². The van der Waals surface area contributed by atoms with Crippen molar-refractivity contribution in [2.24, 2.45) is 5.92 Å². The lowest BCUT2D eigenvalue weighted by Crippen LogP contribution is -2.60. The molecule has 4 N–H and O–H groups in total. The molecular weight excluding hydrogens is 618 g/mol. The number of carbonyl (C=O) groups excluding carboxylic acids is 3. The summed E-state index contributed by atoms with van der Waals surface area (Å²) in [4.78, 5) is 42.0. The number of likely N-dealkylation sites (tertiary alicyclic amines) is 1. The molecule has 0 spiro atoms. The average Bonchev–Trinajstić information content (AvgIpc) is 3.36. The van der Waals surface area contributed by atoms with Gasteiger partial charge in [-0.05, 0) is 72.6 Å². The van der Waals surface area contributed by atoms with Crippen LogP contribution in [0.2, 0.25) is 0 Å². The monoisotopic (exact) mass is 664 g/mol. The highest BCUT2D eigenvalue weighted by Gasteiger charge is 2.52. The fraction of sp³-hybridized carbons (Fsp3) is 0.432. The average molecular weight is 665 g/mol. The lowest BCUT2D eigenvalue weighted by molar-refractivity contribution is -0.144. The van der Waals surface area contributed by atoms with E-state index in [-0.39, 0.29) is 49.2 Å². The van der Waals surface area contributed by atoms with Crippen LogP contribution in [-0.4, -0.2) is 71.7 Å². The molecule has 1 aliphatic heterocycles. The van der Waals surface area contributed by atoms with Gasteiger partial charge in [0.25, 0.3) is 0 Å². The Morgan fingerprint density at radius 2 is 1.67 bits per heavy atom. The standard InChI is InChI=1S/C37H46F2N4O5/c1-24(2)37(42-25(3)44)15-16-43(36(37)47)33(14-13-26-9-6-5-7-10-26)35(46)41-32(20-28-17-29(38)21-30(39)18-28)34(45)23-40-22-27-11-8-12-31(19-27)48-4/h5-12,17-19,21,24,32-34,40,45H,13-16,20,22-23H2,1-4H3,(H,41,46)(H,42,44)/t32-,33-,34+,37-/m0/s1. The second kappa shape index (κ2) is 16.7. The molecule has 4 atom stereocenters. The molecule has 1 aliphatic rings. The Bertz CT molecular complexity index is 1540. The molecule has 11 heteroatoms. The largest absolute Gasteiger partial charge is 0.497 e. The number of hydrogen-bond acceptors (Lipinski definition) is 6. The molecule has 48 heavy (non-hydrogen) atoms. The van der Waals surface area contributed by atoms with E-state index in [9.17, 15) is 28.3 Å². The van der Waals surface area contributed by atoms with Crippen molar-refractivity contribution >= 4 is 17.7 Å². The smallest absolute Gasteiger partial charge is 0.249 e. The maximum absolute atomic E-state index is 14.2. The minimum atomic E-state index is -1.16. The summed E-state index contributed by atoms with van der Waals surface area (Å²) in [5.74, 6) is -2.27. The number of carbonyl (C=O) groups is 3. The Kier molecular flexibility index (Phi) is 12.7. The maximum Gasteiger partial charge on any atom is 0.249 e. The molecule has 258 valence electrons. The molecule has 3 aromatic carbocycles. The number of aliphatic hydroxyl groups excluding tert-OH is 1. The van der Waals surface area contributed by atoms with Crippen LogP contribution in [0.25, 0.3) is 0 Å². The number of ether oxygens (including phenoxy) is 1. The van der Waals surface area contributed by atoms with Gasteiger partial charge in [-0.1, -0.05) is 56.3 Å². The Hall–Kier alpha value is -4.35. The molecule has 1 saturated heterocycles. The van der Waals surface area contributed by atoms with Gasteiger partial charge in [0.2, 0.25) is 17.7 Å². The SMILES string of the molecule is COc1cccc(CNC[C@@H](O)[C@H](Cc2cc(F)cc(F)c2)NC(=O)[C@H](CCc2ccccc2)N2CC[C@](NC(C)=O)(C(C)C)C2=O)c1. The quantitative estimate of drug-likeness (QED) is 0.184. The number of nitrogens with zero attached hydrogens (tertiary/aromatic N) is 1. The normalized spacial score (nSPS) is 18.0. The van der Waals surface area contributed by atoms with Crippen molar-refractivity contribution in [3.8, 4) is 5.75 Å². The predicted molar refractivity (Wildman–Crippen MR) is 179 cm³/mol. The molecule has 1 heterocycles. The number of benzene rings is 3. The van der Waals surface area contributed by atoms with Gasteiger partial charge in [0, 0.05) is 32.6 Å². The summed E-state index contributed by atoms with van der Waals surface area (Å²) >= 11 is 0. The second-order valence-corrected chi connectivity index (χ2v) is 12.7. The fourth-order valence-corrected chi connectivity index (χ4v) is 6.38. The third kappa shape index (κ3) is 9.38. The Balaban J connectivity index is 1.59. The number of amides is 3. The molecule has 1 fully saturated rings. The lowest BCUT2D eigenvalue weighted by Gasteiger charge is -2.35. The molecule has 3 amide bonds. The van der Waals surface area contributed by atoms with Gasteiger partial charge in [-0.25, -0.2) is 8.78 Å². The minimum absolute atomic E-state index is 0.0519. The molecule has 0 aromatic heterocycles. The van der Waals surface area contributed by atoms with E-state index < -0.39 is 41.3 Å². The Morgan fingerprint density at radius 3 is 2.31 bits per heavy atom. The highest BCUT2D eigenvalue weighted by Crippen LogP contribution is 2.33. The lowest BCUT2D eigenvalue weighted by atomic mass is 9.84. The van der Waals surface area contributed by atoms with Crippen molar-refractivity contribution in [3.63, 3.8) is 0 Å². The summed E-state index contributed by atoms with van der Waals surface area (Å²) < 4.78 is 33.6. The van der Waals surface area contributed by atoms with Crippen LogP contribution in [0, 0.1) is 17.6 Å². The first-order chi connectivity index (χ1) is 22.9. The van der Waals surface area contributed by atoms with Gasteiger partial charge in [0.05, 0.1) is 19.3 Å². The highest BCUT2D eigenvalue weighted by atomic mass is 19.1. The van der Waals surface area contributed by atoms with E-state index in [2.05, 4.69) is 16.0 Å². The first-order valence-electron chi connectivity index (χ1n) is 16.3. The van der Waals surface area contributed by atoms with Crippen molar-refractivity contribution in [1.82, 2.24) is 20.9 Å². The zero-order chi connectivity index (χ0) is 34.8. The Labute approximate surface area is 281 Å². The van der Waals surface area contributed by atoms with Crippen molar-refractivity contribution in [1.29, 1.82) is 0 Å². The van der Waals surface area contributed by atoms with Crippen molar-refractivity contribution in [3.05, 3.63) is 101 Å². The van der Waals surface area contributed by atoms with E-state index in [4.69, 9.17) is 4.74 Å². The molecular formula is C37H46F2N4O5. The van der Waals surface area contributed by atoms with Gasteiger partial charge in [-0.3, -0.25) is 14.4 Å². The maximum atomic E-state index is 14.2. The van der Waals surface area contributed by atoms with Crippen LogP contribution < -0.4 is 20.7 Å². The Morgan fingerprint density at radius 1 is 0.979 bits per heavy atom. The molecule has 0 saturated carbocycles. The van der Waals surface area contributed by atoms with Crippen LogP contribution >= 0.6 is 0 Å². The highest BCUT2D eigenvalue weighted by molar-refractivity contribution is 5.96. The van der Waals surface area contributed by atoms with Gasteiger partial charge in [0.15, 0.2) is 0 Å². The first-order valence-corrected chi connectivity index (χ1v) is 16.3. The number of hydrogen-bond donors (Lipinski definition) is 4. The number of aliphatic hydroxyl groups is 1. The van der Waals surface area contributed by atoms with Gasteiger partial charge >= 0.3 is 0 Å². The molecule has 0 aliphatic carbocycles. The first kappa shape index (κ1) is 36.5. The topological polar surface area (TPSA) is 120 Å². The van der Waals surface area contributed by atoms with E-state index in [0.29, 0.717) is 25.1 Å². The summed E-state index contributed by atoms with van der Waals surface area (Å²) in [7, 11) is 1.57. The molecule has 0 unspecified atom stereocenters. The summed E-state index contributed by atoms with van der Waals surface area (Å²) in [6.07, 6.45) is -0.127. The molecule has 0 radical (unpaired) electrons. The van der Waals surface area contributed by atoms with Crippen molar-refractivity contribution in [2.75, 3.05) is 20.2 Å². The number of halogens is 2. The van der Waals surface area contributed by atoms with E-state index in [1.165, 1.54) is 24.0 Å². The summed E-state index contributed by atoms with van der Waals surface area (Å²) in [6, 6.07) is 18.2. The molecule has 3 aromatic rings. The third-order valence-electron chi connectivity index (χ3n) is 8.99. The van der Waals surface area contributed by atoms with E-state index in [1.807, 2.05) is 68.4 Å². The summed E-state index contributed by atoms with van der Waals surface area (Å²) in [5.41, 5.74) is 0.995. The summed E-state index contributed by atoms with van der Waals surface area (Å²) in [5, 5.41) is 20.4. The van der Waals surface area contributed by atoms with Gasteiger partial charge in [-0.2, -0.15) is 0 Å². The number of methoxy groups -OCH3 is 1.